The highest BCUT2D eigenvalue weighted by Crippen LogP contribution is 2.41. The van der Waals surface area contributed by atoms with E-state index in [1.807, 2.05) is 26.8 Å². The van der Waals surface area contributed by atoms with Crippen LogP contribution in [0.5, 0.6) is 11.5 Å². The van der Waals surface area contributed by atoms with Crippen molar-refractivity contribution in [3.05, 3.63) is 23.3 Å². The molecule has 0 aromatic heterocycles. The molecule has 1 aromatic carbocycles. The molecule has 0 aliphatic rings. The van der Waals surface area contributed by atoms with Crippen LogP contribution in [-0.2, 0) is 16.6 Å². The highest BCUT2D eigenvalue weighted by Gasteiger charge is 2.30. The van der Waals surface area contributed by atoms with Gasteiger partial charge in [0, 0.05) is 11.0 Å². The van der Waals surface area contributed by atoms with Gasteiger partial charge in [0.15, 0.2) is 11.5 Å². The van der Waals surface area contributed by atoms with Gasteiger partial charge in [0.1, 0.15) is 0 Å². The third-order valence-corrected chi connectivity index (χ3v) is 3.10. The molecule has 18 heavy (non-hydrogen) atoms. The number of phenols is 1. The third kappa shape index (κ3) is 2.75. The van der Waals surface area contributed by atoms with Gasteiger partial charge < -0.3 is 14.9 Å². The number of hydrogen-bond donors (Lipinski definition) is 2. The van der Waals surface area contributed by atoms with Crippen molar-refractivity contribution < 1.29 is 19.7 Å². The van der Waals surface area contributed by atoms with E-state index in [0.717, 1.165) is 12.0 Å². The summed E-state index contributed by atoms with van der Waals surface area (Å²) in [6.45, 7) is 5.60. The zero-order valence-electron chi connectivity index (χ0n) is 11.3. The Balaban J connectivity index is 3.40. The van der Waals surface area contributed by atoms with E-state index in [9.17, 15) is 9.90 Å². The van der Waals surface area contributed by atoms with E-state index in [4.69, 9.17) is 9.84 Å². The lowest BCUT2D eigenvalue weighted by atomic mass is 9.78. The van der Waals surface area contributed by atoms with Crippen LogP contribution in [0.15, 0.2) is 12.1 Å². The van der Waals surface area contributed by atoms with E-state index in [0.29, 0.717) is 11.3 Å². The number of phenolic OH excluding ortho intramolecular Hbond substituents is 1. The van der Waals surface area contributed by atoms with Crippen LogP contribution in [0.3, 0.4) is 0 Å². The van der Waals surface area contributed by atoms with Crippen LogP contribution in [-0.4, -0.2) is 23.3 Å². The SMILES string of the molecule is CCc1ccc(OC)c(O)c1C(C)(C)CC(=O)O. The lowest BCUT2D eigenvalue weighted by molar-refractivity contribution is -0.138. The molecule has 1 rings (SSSR count). The number of carboxylic acid groups (broad SMARTS) is 1. The first-order valence-electron chi connectivity index (χ1n) is 5.94. The van der Waals surface area contributed by atoms with Crippen LogP contribution in [0.2, 0.25) is 0 Å². The summed E-state index contributed by atoms with van der Waals surface area (Å²) in [5.74, 6) is -0.465. The molecule has 0 amide bonds. The molecule has 0 radical (unpaired) electrons. The summed E-state index contributed by atoms with van der Waals surface area (Å²) in [5, 5.41) is 19.2. The Hall–Kier alpha value is -1.71. The summed E-state index contributed by atoms with van der Waals surface area (Å²) in [6.07, 6.45) is 0.691. The van der Waals surface area contributed by atoms with Gasteiger partial charge in [0.05, 0.1) is 13.5 Å². The topological polar surface area (TPSA) is 66.8 Å². The number of benzene rings is 1. The molecule has 0 unspecified atom stereocenters. The highest BCUT2D eigenvalue weighted by atomic mass is 16.5. The van der Waals surface area contributed by atoms with Crippen LogP contribution in [0.25, 0.3) is 0 Å². The van der Waals surface area contributed by atoms with Crippen molar-refractivity contribution in [3.8, 4) is 11.5 Å². The van der Waals surface area contributed by atoms with Gasteiger partial charge in [0.2, 0.25) is 0 Å². The van der Waals surface area contributed by atoms with Gasteiger partial charge in [-0.1, -0.05) is 26.8 Å². The second kappa shape index (κ2) is 5.29. The Kier molecular flexibility index (Phi) is 4.22. The number of aromatic hydroxyl groups is 1. The van der Waals surface area contributed by atoms with Gasteiger partial charge in [-0.3, -0.25) is 4.79 Å². The van der Waals surface area contributed by atoms with E-state index in [2.05, 4.69) is 0 Å². The monoisotopic (exact) mass is 252 g/mol. The molecule has 0 spiro atoms. The van der Waals surface area contributed by atoms with Gasteiger partial charge >= 0.3 is 5.97 Å². The van der Waals surface area contributed by atoms with Gasteiger partial charge in [-0.2, -0.15) is 0 Å². The van der Waals surface area contributed by atoms with E-state index in [1.54, 1.807) is 6.07 Å². The number of aliphatic carboxylic acids is 1. The maximum atomic E-state index is 10.9. The first-order valence-corrected chi connectivity index (χ1v) is 5.94. The number of methoxy groups -OCH3 is 1. The number of ether oxygens (including phenoxy) is 1. The molecular weight excluding hydrogens is 232 g/mol. The van der Waals surface area contributed by atoms with Crippen LogP contribution in [0.1, 0.15) is 38.3 Å². The van der Waals surface area contributed by atoms with Crippen molar-refractivity contribution in [2.75, 3.05) is 7.11 Å². The zero-order valence-corrected chi connectivity index (χ0v) is 11.3. The summed E-state index contributed by atoms with van der Waals surface area (Å²) in [5.41, 5.74) is 0.960. The summed E-state index contributed by atoms with van der Waals surface area (Å²) in [7, 11) is 1.48. The molecule has 0 bridgehead atoms. The first kappa shape index (κ1) is 14.4. The molecule has 2 N–H and O–H groups in total. The minimum Gasteiger partial charge on any atom is -0.504 e. The number of rotatable bonds is 5. The van der Waals surface area contributed by atoms with Crippen LogP contribution >= 0.6 is 0 Å². The minimum absolute atomic E-state index is 0.0409. The Morgan fingerprint density at radius 2 is 2.00 bits per heavy atom. The predicted molar refractivity (Wildman–Crippen MR) is 69.3 cm³/mol. The van der Waals surface area contributed by atoms with Crippen molar-refractivity contribution in [1.29, 1.82) is 0 Å². The second-order valence-corrected chi connectivity index (χ2v) is 4.96. The van der Waals surface area contributed by atoms with Gasteiger partial charge in [-0.15, -0.1) is 0 Å². The van der Waals surface area contributed by atoms with Gasteiger partial charge in [0.25, 0.3) is 0 Å². The summed E-state index contributed by atoms with van der Waals surface area (Å²) >= 11 is 0. The molecule has 0 saturated heterocycles. The van der Waals surface area contributed by atoms with E-state index < -0.39 is 11.4 Å². The van der Waals surface area contributed by atoms with E-state index in [-0.39, 0.29) is 12.2 Å². The highest BCUT2D eigenvalue weighted by molar-refractivity contribution is 5.70. The Morgan fingerprint density at radius 3 is 2.44 bits per heavy atom. The Bertz CT molecular complexity index is 449. The fraction of sp³-hybridized carbons (Fsp3) is 0.500. The number of carboxylic acids is 1. The summed E-state index contributed by atoms with van der Waals surface area (Å²) < 4.78 is 5.09. The molecule has 4 heteroatoms. The molecule has 100 valence electrons. The largest absolute Gasteiger partial charge is 0.504 e. The standard InChI is InChI=1S/C14H20O4/c1-5-9-6-7-10(18-4)13(17)12(9)14(2,3)8-11(15)16/h6-7,17H,5,8H2,1-4H3,(H,15,16). The number of hydrogen-bond acceptors (Lipinski definition) is 3. The molecule has 0 aliphatic heterocycles. The van der Waals surface area contributed by atoms with Crippen LogP contribution in [0.4, 0.5) is 0 Å². The molecule has 0 heterocycles. The molecule has 4 nitrogen and oxygen atoms in total. The molecule has 0 saturated carbocycles. The molecule has 0 fully saturated rings. The maximum absolute atomic E-state index is 10.9. The lowest BCUT2D eigenvalue weighted by Crippen LogP contribution is -2.23. The minimum atomic E-state index is -0.885. The summed E-state index contributed by atoms with van der Waals surface area (Å²) in [6, 6.07) is 3.58. The lowest BCUT2D eigenvalue weighted by Gasteiger charge is -2.27. The zero-order chi connectivity index (χ0) is 13.9. The smallest absolute Gasteiger partial charge is 0.304 e. The first-order chi connectivity index (χ1) is 8.33. The fourth-order valence-corrected chi connectivity index (χ4v) is 2.29. The average molecular weight is 252 g/mol. The van der Waals surface area contributed by atoms with Crippen molar-refractivity contribution in [2.45, 2.75) is 39.0 Å². The third-order valence-electron chi connectivity index (χ3n) is 3.10. The average Bonchev–Trinajstić information content (AvgIpc) is 2.26. The molecule has 1 aromatic rings. The number of aryl methyl sites for hydroxylation is 1. The van der Waals surface area contributed by atoms with Crippen molar-refractivity contribution in [2.24, 2.45) is 0 Å². The normalized spacial score (nSPS) is 11.3. The Labute approximate surface area is 107 Å². The fourth-order valence-electron chi connectivity index (χ4n) is 2.29. The maximum Gasteiger partial charge on any atom is 0.304 e. The second-order valence-electron chi connectivity index (χ2n) is 4.96. The van der Waals surface area contributed by atoms with Crippen LogP contribution in [0, 0.1) is 0 Å². The summed E-state index contributed by atoms with van der Waals surface area (Å²) in [4.78, 5) is 10.9. The van der Waals surface area contributed by atoms with Crippen LogP contribution < -0.4 is 4.74 Å². The molecule has 0 atom stereocenters. The van der Waals surface area contributed by atoms with Crippen molar-refractivity contribution in [1.82, 2.24) is 0 Å². The van der Waals surface area contributed by atoms with Crippen molar-refractivity contribution >= 4 is 5.97 Å². The van der Waals surface area contributed by atoms with Gasteiger partial charge in [-0.25, -0.2) is 0 Å². The van der Waals surface area contributed by atoms with Crippen molar-refractivity contribution in [3.63, 3.8) is 0 Å². The Morgan fingerprint density at radius 1 is 1.39 bits per heavy atom. The van der Waals surface area contributed by atoms with E-state index in [1.165, 1.54) is 7.11 Å². The predicted octanol–water partition coefficient (Wildman–Crippen LogP) is 2.72. The number of carbonyl (C=O) groups is 1. The quantitative estimate of drug-likeness (QED) is 0.845. The molecular formula is C14H20O4. The van der Waals surface area contributed by atoms with Gasteiger partial charge in [-0.05, 0) is 18.1 Å². The molecule has 0 aliphatic carbocycles. The van der Waals surface area contributed by atoms with E-state index >= 15 is 0 Å².